The highest BCUT2D eigenvalue weighted by molar-refractivity contribution is 5.78. The van der Waals surface area contributed by atoms with E-state index in [2.05, 4.69) is 38.1 Å². The van der Waals surface area contributed by atoms with Gasteiger partial charge >= 0.3 is 0 Å². The van der Waals surface area contributed by atoms with Crippen molar-refractivity contribution in [2.75, 3.05) is 7.05 Å². The Morgan fingerprint density at radius 1 is 1.16 bits per heavy atom. The summed E-state index contributed by atoms with van der Waals surface area (Å²) < 4.78 is 0. The Morgan fingerprint density at radius 2 is 1.80 bits per heavy atom. The van der Waals surface area contributed by atoms with Crippen molar-refractivity contribution in [3.05, 3.63) is 35.9 Å². The lowest BCUT2D eigenvalue weighted by Gasteiger charge is -2.32. The molecular weight excluding hydrogens is 306 g/mol. The molecule has 0 N–H and O–H groups in total. The molecule has 4 aliphatic carbocycles. The van der Waals surface area contributed by atoms with Gasteiger partial charge in [-0.3, -0.25) is 4.79 Å². The number of likely N-dealkylation sites (N-methyl/N-ethyl adjacent to an activating group) is 1. The number of hydrogen-bond donors (Lipinski definition) is 0. The van der Waals surface area contributed by atoms with Gasteiger partial charge in [-0.1, -0.05) is 37.3 Å². The van der Waals surface area contributed by atoms with Gasteiger partial charge in [0.2, 0.25) is 5.91 Å². The lowest BCUT2D eigenvalue weighted by molar-refractivity contribution is -0.135. The molecule has 1 aromatic carbocycles. The average molecular weight is 340 g/mol. The number of carbonyl (C=O) groups excluding carboxylic acids is 1. The van der Waals surface area contributed by atoms with Crippen LogP contribution in [0.5, 0.6) is 0 Å². The van der Waals surface area contributed by atoms with Crippen LogP contribution in [0.1, 0.15) is 57.9 Å². The molecular formula is C23H33NO. The molecule has 0 aromatic heterocycles. The first-order valence-electron chi connectivity index (χ1n) is 10.3. The molecule has 4 bridgehead atoms. The molecule has 1 aromatic rings. The Hall–Kier alpha value is -1.31. The van der Waals surface area contributed by atoms with E-state index >= 15 is 0 Å². The number of amides is 1. The van der Waals surface area contributed by atoms with Crippen LogP contribution in [0.4, 0.5) is 0 Å². The molecule has 4 saturated carbocycles. The van der Waals surface area contributed by atoms with Gasteiger partial charge in [0.25, 0.3) is 0 Å². The smallest absolute Gasteiger partial charge is 0.225 e. The van der Waals surface area contributed by atoms with Gasteiger partial charge in [0.15, 0.2) is 0 Å². The van der Waals surface area contributed by atoms with E-state index in [4.69, 9.17) is 0 Å². The molecule has 0 saturated heterocycles. The fourth-order valence-corrected chi connectivity index (χ4v) is 6.37. The van der Waals surface area contributed by atoms with Crippen LogP contribution in [0, 0.1) is 29.1 Å². The Labute approximate surface area is 153 Å². The largest absolute Gasteiger partial charge is 0.342 e. The van der Waals surface area contributed by atoms with E-state index < -0.39 is 0 Å². The van der Waals surface area contributed by atoms with Crippen molar-refractivity contribution in [2.24, 2.45) is 29.1 Å². The summed E-state index contributed by atoms with van der Waals surface area (Å²) in [6, 6.07) is 10.8. The molecule has 4 aliphatic rings. The predicted molar refractivity (Wildman–Crippen MR) is 102 cm³/mol. The van der Waals surface area contributed by atoms with Crippen LogP contribution in [0.15, 0.2) is 30.3 Å². The summed E-state index contributed by atoms with van der Waals surface area (Å²) in [5, 5.41) is 0. The molecule has 2 heteroatoms. The number of hydrogen-bond acceptors (Lipinski definition) is 1. The van der Waals surface area contributed by atoms with Crippen molar-refractivity contribution < 1.29 is 4.79 Å². The minimum Gasteiger partial charge on any atom is -0.342 e. The molecule has 4 atom stereocenters. The number of nitrogens with zero attached hydrogens (tertiary/aromatic N) is 1. The van der Waals surface area contributed by atoms with Gasteiger partial charge in [-0.2, -0.15) is 0 Å². The zero-order valence-electron chi connectivity index (χ0n) is 16.1. The summed E-state index contributed by atoms with van der Waals surface area (Å²) in [5.74, 6) is 3.59. The summed E-state index contributed by atoms with van der Waals surface area (Å²) in [5.41, 5.74) is 1.95. The number of carbonyl (C=O) groups is 1. The van der Waals surface area contributed by atoms with E-state index in [9.17, 15) is 4.79 Å². The zero-order valence-corrected chi connectivity index (χ0v) is 16.1. The van der Waals surface area contributed by atoms with Gasteiger partial charge in [-0.25, -0.2) is 0 Å². The minimum absolute atomic E-state index is 0.162. The van der Waals surface area contributed by atoms with Crippen molar-refractivity contribution >= 4 is 5.91 Å². The van der Waals surface area contributed by atoms with Crippen LogP contribution in [-0.2, 0) is 11.2 Å². The van der Waals surface area contributed by atoms with Gasteiger partial charge in [-0.05, 0) is 80.6 Å². The van der Waals surface area contributed by atoms with Crippen LogP contribution in [-0.4, -0.2) is 23.9 Å². The van der Waals surface area contributed by atoms with Crippen molar-refractivity contribution in [2.45, 2.75) is 64.8 Å². The maximum atomic E-state index is 12.9. The topological polar surface area (TPSA) is 20.3 Å². The first kappa shape index (κ1) is 17.1. The lowest BCUT2D eigenvalue weighted by atomic mass is 9.75. The molecule has 0 spiro atoms. The van der Waals surface area contributed by atoms with Crippen LogP contribution >= 0.6 is 0 Å². The quantitative estimate of drug-likeness (QED) is 0.690. The molecule has 2 nitrogen and oxygen atoms in total. The normalized spacial score (nSPS) is 34.4. The molecule has 4 fully saturated rings. The van der Waals surface area contributed by atoms with E-state index in [1.807, 2.05) is 18.0 Å². The van der Waals surface area contributed by atoms with Crippen LogP contribution in [0.25, 0.3) is 0 Å². The SMILES string of the molecule is CC(Cc1ccccc1)N(C)C(=O)[C@@H](C)CCC12CC3CC1CC3C2. The minimum atomic E-state index is 0.162. The van der Waals surface area contributed by atoms with Crippen molar-refractivity contribution in [1.29, 1.82) is 0 Å². The highest BCUT2D eigenvalue weighted by atomic mass is 16.2. The van der Waals surface area contributed by atoms with Gasteiger partial charge in [0, 0.05) is 19.0 Å². The summed E-state index contributed by atoms with van der Waals surface area (Å²) in [6.07, 6.45) is 9.26. The molecule has 136 valence electrons. The summed E-state index contributed by atoms with van der Waals surface area (Å²) in [6.45, 7) is 4.32. The Kier molecular flexibility index (Phi) is 4.42. The summed E-state index contributed by atoms with van der Waals surface area (Å²) >= 11 is 0. The lowest BCUT2D eigenvalue weighted by Crippen LogP contribution is -2.40. The van der Waals surface area contributed by atoms with E-state index in [0.29, 0.717) is 11.3 Å². The summed E-state index contributed by atoms with van der Waals surface area (Å²) in [4.78, 5) is 14.9. The van der Waals surface area contributed by atoms with Crippen LogP contribution in [0.2, 0.25) is 0 Å². The maximum absolute atomic E-state index is 12.9. The van der Waals surface area contributed by atoms with Gasteiger partial charge in [-0.15, -0.1) is 0 Å². The third-order valence-corrected chi connectivity index (χ3v) is 7.92. The second kappa shape index (κ2) is 6.45. The zero-order chi connectivity index (χ0) is 17.6. The highest BCUT2D eigenvalue weighted by Gasteiger charge is 2.62. The monoisotopic (exact) mass is 339 g/mol. The molecule has 0 heterocycles. The Balaban J connectivity index is 1.29. The highest BCUT2D eigenvalue weighted by Crippen LogP contribution is 2.71. The summed E-state index contributed by atoms with van der Waals surface area (Å²) in [7, 11) is 1.99. The van der Waals surface area contributed by atoms with Crippen molar-refractivity contribution in [3.8, 4) is 0 Å². The van der Waals surface area contributed by atoms with Crippen molar-refractivity contribution in [1.82, 2.24) is 4.90 Å². The van der Waals surface area contributed by atoms with E-state index in [1.54, 1.807) is 0 Å². The van der Waals surface area contributed by atoms with Crippen LogP contribution < -0.4 is 0 Å². The fraction of sp³-hybridized carbons (Fsp3) is 0.696. The Morgan fingerprint density at radius 3 is 2.36 bits per heavy atom. The Bertz CT molecular complexity index is 610. The maximum Gasteiger partial charge on any atom is 0.225 e. The predicted octanol–water partition coefficient (Wildman–Crippen LogP) is 4.93. The number of rotatable bonds is 7. The molecule has 0 aliphatic heterocycles. The molecule has 3 unspecified atom stereocenters. The standard InChI is InChI=1S/C23H33NO/c1-16(9-10-23-14-19-12-21(23)13-20(19)15-23)22(25)24(3)17(2)11-18-7-5-4-6-8-18/h4-8,16-17,19-21H,9-15H2,1-3H3/t16-,17?,19?,20?,21?,23?/m0/s1. The third kappa shape index (κ3) is 3.02. The fourth-order valence-electron chi connectivity index (χ4n) is 6.37. The van der Waals surface area contributed by atoms with E-state index in [-0.39, 0.29) is 12.0 Å². The van der Waals surface area contributed by atoms with Gasteiger partial charge < -0.3 is 4.90 Å². The third-order valence-electron chi connectivity index (χ3n) is 7.92. The molecule has 5 rings (SSSR count). The first-order chi connectivity index (χ1) is 12.0. The number of benzene rings is 1. The molecule has 1 amide bonds. The molecule has 0 radical (unpaired) electrons. The van der Waals surface area contributed by atoms with Crippen LogP contribution in [0.3, 0.4) is 0 Å². The average Bonchev–Trinajstić information content (AvgIpc) is 3.34. The van der Waals surface area contributed by atoms with Crippen molar-refractivity contribution in [3.63, 3.8) is 0 Å². The molecule has 25 heavy (non-hydrogen) atoms. The second-order valence-electron chi connectivity index (χ2n) is 9.39. The van der Waals surface area contributed by atoms with E-state index in [0.717, 1.165) is 30.6 Å². The second-order valence-corrected chi connectivity index (χ2v) is 9.39. The van der Waals surface area contributed by atoms with E-state index in [1.165, 1.54) is 37.7 Å². The first-order valence-corrected chi connectivity index (χ1v) is 10.3. The van der Waals surface area contributed by atoms with Gasteiger partial charge in [0.1, 0.15) is 0 Å². The van der Waals surface area contributed by atoms with Gasteiger partial charge in [0.05, 0.1) is 0 Å².